The van der Waals surface area contributed by atoms with Crippen molar-refractivity contribution in [2.75, 3.05) is 5.73 Å². The van der Waals surface area contributed by atoms with Crippen LogP contribution in [0.2, 0.25) is 0 Å². The number of nitrogen functional groups attached to an aromatic ring is 1. The Kier molecular flexibility index (Phi) is 1.60. The lowest BCUT2D eigenvalue weighted by atomic mass is 10.2. The van der Waals surface area contributed by atoms with Crippen molar-refractivity contribution < 1.29 is 0 Å². The molecular formula is C9H15N3. The molecule has 3 heteroatoms. The Morgan fingerprint density at radius 2 is 2.25 bits per heavy atom. The van der Waals surface area contributed by atoms with Crippen LogP contribution in [0.5, 0.6) is 0 Å². The molecular weight excluding hydrogens is 150 g/mol. The standard InChI is InChI=1S/C9H15N3/c1-6(2)12-8(7-3-4-7)5-9(10)11-12/h5-7H,3-4H2,1-2H3,(H2,10,11). The number of nitrogens with zero attached hydrogens (tertiary/aromatic N) is 2. The van der Waals surface area contributed by atoms with Gasteiger partial charge in [-0.2, -0.15) is 5.10 Å². The SMILES string of the molecule is CC(C)n1nc(N)cc1C1CC1. The minimum Gasteiger partial charge on any atom is -0.382 e. The molecule has 1 fully saturated rings. The molecule has 0 unspecified atom stereocenters. The van der Waals surface area contributed by atoms with Crippen molar-refractivity contribution in [3.63, 3.8) is 0 Å². The van der Waals surface area contributed by atoms with E-state index in [1.54, 1.807) is 0 Å². The second-order valence-corrected chi connectivity index (χ2v) is 3.81. The zero-order valence-corrected chi connectivity index (χ0v) is 7.62. The van der Waals surface area contributed by atoms with Crippen molar-refractivity contribution in [2.45, 2.75) is 38.6 Å². The molecule has 0 saturated heterocycles. The number of rotatable bonds is 2. The minimum atomic E-state index is 0.429. The minimum absolute atomic E-state index is 0.429. The first-order valence-corrected chi connectivity index (χ1v) is 4.53. The summed E-state index contributed by atoms with van der Waals surface area (Å²) >= 11 is 0. The van der Waals surface area contributed by atoms with Gasteiger partial charge in [-0.3, -0.25) is 4.68 Å². The van der Waals surface area contributed by atoms with Crippen molar-refractivity contribution in [1.82, 2.24) is 9.78 Å². The summed E-state index contributed by atoms with van der Waals surface area (Å²) in [6, 6.07) is 2.44. The maximum atomic E-state index is 5.65. The first-order chi connectivity index (χ1) is 5.68. The summed E-state index contributed by atoms with van der Waals surface area (Å²) < 4.78 is 2.05. The second-order valence-electron chi connectivity index (χ2n) is 3.81. The van der Waals surface area contributed by atoms with E-state index >= 15 is 0 Å². The van der Waals surface area contributed by atoms with Gasteiger partial charge >= 0.3 is 0 Å². The molecule has 0 radical (unpaired) electrons. The molecule has 0 aliphatic heterocycles. The zero-order chi connectivity index (χ0) is 8.72. The van der Waals surface area contributed by atoms with E-state index in [9.17, 15) is 0 Å². The van der Waals surface area contributed by atoms with E-state index < -0.39 is 0 Å². The fourth-order valence-corrected chi connectivity index (χ4v) is 1.53. The van der Waals surface area contributed by atoms with Crippen LogP contribution in [0.15, 0.2) is 6.07 Å². The highest BCUT2D eigenvalue weighted by Gasteiger charge is 2.28. The number of hydrogen-bond acceptors (Lipinski definition) is 2. The molecule has 1 saturated carbocycles. The van der Waals surface area contributed by atoms with Gasteiger partial charge in [-0.1, -0.05) is 0 Å². The van der Waals surface area contributed by atoms with Gasteiger partial charge in [0.05, 0.1) is 0 Å². The number of aromatic nitrogens is 2. The van der Waals surface area contributed by atoms with Crippen LogP contribution in [0.3, 0.4) is 0 Å². The molecule has 12 heavy (non-hydrogen) atoms. The molecule has 0 amide bonds. The van der Waals surface area contributed by atoms with Crippen molar-refractivity contribution in [3.8, 4) is 0 Å². The van der Waals surface area contributed by atoms with Crippen LogP contribution in [0.1, 0.15) is 44.3 Å². The molecule has 2 rings (SSSR count). The maximum Gasteiger partial charge on any atom is 0.145 e. The van der Waals surface area contributed by atoms with Gasteiger partial charge < -0.3 is 5.73 Å². The van der Waals surface area contributed by atoms with Crippen LogP contribution in [-0.2, 0) is 0 Å². The Bertz CT molecular complexity index is 264. The van der Waals surface area contributed by atoms with Crippen LogP contribution in [-0.4, -0.2) is 9.78 Å². The molecule has 3 nitrogen and oxygen atoms in total. The van der Waals surface area contributed by atoms with E-state index in [1.165, 1.54) is 18.5 Å². The lowest BCUT2D eigenvalue weighted by molar-refractivity contribution is 0.511. The smallest absolute Gasteiger partial charge is 0.145 e. The van der Waals surface area contributed by atoms with Crippen LogP contribution < -0.4 is 5.73 Å². The molecule has 1 aliphatic carbocycles. The van der Waals surface area contributed by atoms with Crippen LogP contribution >= 0.6 is 0 Å². The van der Waals surface area contributed by atoms with Gasteiger partial charge in [0.25, 0.3) is 0 Å². The summed E-state index contributed by atoms with van der Waals surface area (Å²) in [5.74, 6) is 1.39. The van der Waals surface area contributed by atoms with Gasteiger partial charge in [0.2, 0.25) is 0 Å². The maximum absolute atomic E-state index is 5.65. The van der Waals surface area contributed by atoms with Crippen molar-refractivity contribution in [2.24, 2.45) is 0 Å². The van der Waals surface area contributed by atoms with Crippen LogP contribution in [0.4, 0.5) is 5.82 Å². The lowest BCUT2D eigenvalue weighted by Gasteiger charge is -2.09. The molecule has 1 aliphatic rings. The predicted molar refractivity (Wildman–Crippen MR) is 49.0 cm³/mol. The average molecular weight is 165 g/mol. The molecule has 1 aromatic rings. The Labute approximate surface area is 72.6 Å². The van der Waals surface area contributed by atoms with Crippen LogP contribution in [0, 0.1) is 0 Å². The summed E-state index contributed by atoms with van der Waals surface area (Å²) in [7, 11) is 0. The molecule has 0 aromatic carbocycles. The van der Waals surface area contributed by atoms with Crippen molar-refractivity contribution >= 4 is 5.82 Å². The van der Waals surface area contributed by atoms with E-state index in [4.69, 9.17) is 5.73 Å². The average Bonchev–Trinajstić information content (AvgIpc) is 2.75. The third-order valence-electron chi connectivity index (χ3n) is 2.27. The molecule has 0 spiro atoms. The van der Waals surface area contributed by atoms with Gasteiger partial charge in [0.15, 0.2) is 0 Å². The molecule has 1 aromatic heterocycles. The van der Waals surface area contributed by atoms with Gasteiger partial charge in [-0.25, -0.2) is 0 Å². The highest BCUT2D eigenvalue weighted by atomic mass is 15.3. The molecule has 0 atom stereocenters. The molecule has 2 N–H and O–H groups in total. The summed E-state index contributed by atoms with van der Waals surface area (Å²) in [6.45, 7) is 4.27. The largest absolute Gasteiger partial charge is 0.382 e. The summed E-state index contributed by atoms with van der Waals surface area (Å²) in [5, 5.41) is 4.27. The summed E-state index contributed by atoms with van der Waals surface area (Å²) in [6.07, 6.45) is 2.61. The quantitative estimate of drug-likeness (QED) is 0.727. The highest BCUT2D eigenvalue weighted by Crippen LogP contribution is 2.41. The lowest BCUT2D eigenvalue weighted by Crippen LogP contribution is -2.06. The molecule has 0 bridgehead atoms. The van der Waals surface area contributed by atoms with E-state index in [0.717, 1.165) is 5.92 Å². The summed E-state index contributed by atoms with van der Waals surface area (Å²) in [5.41, 5.74) is 6.97. The van der Waals surface area contributed by atoms with Crippen molar-refractivity contribution in [3.05, 3.63) is 11.8 Å². The van der Waals surface area contributed by atoms with E-state index in [2.05, 4.69) is 18.9 Å². The van der Waals surface area contributed by atoms with Crippen molar-refractivity contribution in [1.29, 1.82) is 0 Å². The third kappa shape index (κ3) is 1.19. The molecule has 66 valence electrons. The second kappa shape index (κ2) is 2.51. The highest BCUT2D eigenvalue weighted by molar-refractivity contribution is 5.33. The van der Waals surface area contributed by atoms with E-state index in [0.29, 0.717) is 11.9 Å². The van der Waals surface area contributed by atoms with Gasteiger partial charge in [-0.15, -0.1) is 0 Å². The Morgan fingerprint density at radius 1 is 1.58 bits per heavy atom. The third-order valence-corrected chi connectivity index (χ3v) is 2.27. The first-order valence-electron chi connectivity index (χ1n) is 4.53. The van der Waals surface area contributed by atoms with E-state index in [-0.39, 0.29) is 0 Å². The Morgan fingerprint density at radius 3 is 2.75 bits per heavy atom. The monoisotopic (exact) mass is 165 g/mol. The zero-order valence-electron chi connectivity index (χ0n) is 7.62. The number of hydrogen-bond donors (Lipinski definition) is 1. The van der Waals surface area contributed by atoms with E-state index in [1.807, 2.05) is 10.7 Å². The fraction of sp³-hybridized carbons (Fsp3) is 0.667. The van der Waals surface area contributed by atoms with Crippen LogP contribution in [0.25, 0.3) is 0 Å². The predicted octanol–water partition coefficient (Wildman–Crippen LogP) is 1.92. The molecule has 1 heterocycles. The number of anilines is 1. The fourth-order valence-electron chi connectivity index (χ4n) is 1.53. The Hall–Kier alpha value is -0.990. The summed E-state index contributed by atoms with van der Waals surface area (Å²) in [4.78, 5) is 0. The topological polar surface area (TPSA) is 43.8 Å². The first kappa shape index (κ1) is 7.65. The van der Waals surface area contributed by atoms with Gasteiger partial charge in [0.1, 0.15) is 5.82 Å². The normalized spacial score (nSPS) is 17.2. The van der Waals surface area contributed by atoms with Gasteiger partial charge in [-0.05, 0) is 26.7 Å². The number of nitrogens with two attached hydrogens (primary N) is 1. The Balaban J connectivity index is 2.36. The van der Waals surface area contributed by atoms with Gasteiger partial charge in [0, 0.05) is 23.7 Å².